The minimum atomic E-state index is -3.86. The second kappa shape index (κ2) is 6.71. The first kappa shape index (κ1) is 16.6. The largest absolute Gasteiger partial charge is 0.314 e. The van der Waals surface area contributed by atoms with Gasteiger partial charge in [-0.25, -0.2) is 18.4 Å². The van der Waals surface area contributed by atoms with Gasteiger partial charge in [0.1, 0.15) is 10.7 Å². The van der Waals surface area contributed by atoms with Crippen molar-refractivity contribution in [2.24, 2.45) is 0 Å². The molecule has 0 radical (unpaired) electrons. The molecule has 24 heavy (non-hydrogen) atoms. The second-order valence-corrected chi connectivity index (χ2v) is 8.04. The number of halogens is 1. The van der Waals surface area contributed by atoms with Gasteiger partial charge in [0, 0.05) is 25.1 Å². The van der Waals surface area contributed by atoms with Crippen molar-refractivity contribution < 1.29 is 12.8 Å². The standard InChI is InChI=1S/C15H13FN4O2S2/c1-17-9-12-20-13(11-5-3-7-19-14(11)16)15(23-12)24(21,22)10-4-2-6-18-8-10/h2-8,17H,9H2,1H3. The second-order valence-electron chi connectivity index (χ2n) is 4.81. The molecule has 0 spiro atoms. The molecule has 0 aliphatic carbocycles. The third kappa shape index (κ3) is 3.05. The molecule has 6 nitrogen and oxygen atoms in total. The van der Waals surface area contributed by atoms with Gasteiger partial charge in [-0.05, 0) is 31.3 Å². The third-order valence-corrected chi connectivity index (χ3v) is 6.47. The summed E-state index contributed by atoms with van der Waals surface area (Å²) in [5, 5.41) is 3.45. The highest BCUT2D eigenvalue weighted by molar-refractivity contribution is 7.93. The van der Waals surface area contributed by atoms with Crippen LogP contribution in [0.4, 0.5) is 4.39 Å². The molecular weight excluding hydrogens is 351 g/mol. The fourth-order valence-corrected chi connectivity index (χ4v) is 5.02. The Bertz CT molecular complexity index is 959. The Morgan fingerprint density at radius 3 is 2.71 bits per heavy atom. The van der Waals surface area contributed by atoms with Crippen LogP contribution < -0.4 is 5.32 Å². The lowest BCUT2D eigenvalue weighted by Gasteiger charge is -2.04. The van der Waals surface area contributed by atoms with E-state index in [-0.39, 0.29) is 20.4 Å². The van der Waals surface area contributed by atoms with Gasteiger partial charge in [-0.1, -0.05) is 0 Å². The Morgan fingerprint density at radius 2 is 2.04 bits per heavy atom. The van der Waals surface area contributed by atoms with Gasteiger partial charge in [-0.2, -0.15) is 4.39 Å². The van der Waals surface area contributed by atoms with E-state index in [1.807, 2.05) is 0 Å². The van der Waals surface area contributed by atoms with Crippen molar-refractivity contribution in [2.45, 2.75) is 15.6 Å². The Morgan fingerprint density at radius 1 is 1.25 bits per heavy atom. The number of hydrogen-bond acceptors (Lipinski definition) is 7. The van der Waals surface area contributed by atoms with Crippen LogP contribution >= 0.6 is 11.3 Å². The number of hydrogen-bond donors (Lipinski definition) is 1. The lowest BCUT2D eigenvalue weighted by molar-refractivity contribution is 0.586. The Balaban J connectivity index is 2.23. The van der Waals surface area contributed by atoms with Crippen LogP contribution in [-0.2, 0) is 16.4 Å². The van der Waals surface area contributed by atoms with Crippen molar-refractivity contribution in [1.29, 1.82) is 0 Å². The number of aromatic nitrogens is 3. The Hall–Kier alpha value is -2.23. The van der Waals surface area contributed by atoms with E-state index in [9.17, 15) is 12.8 Å². The summed E-state index contributed by atoms with van der Waals surface area (Å²) < 4.78 is 39.9. The van der Waals surface area contributed by atoms with Gasteiger partial charge in [0.2, 0.25) is 15.8 Å². The molecule has 0 unspecified atom stereocenters. The molecule has 3 rings (SSSR count). The van der Waals surface area contributed by atoms with Crippen LogP contribution in [0.3, 0.4) is 0 Å². The van der Waals surface area contributed by atoms with Crippen molar-refractivity contribution >= 4 is 21.2 Å². The Labute approximate surface area is 142 Å². The smallest absolute Gasteiger partial charge is 0.222 e. The van der Waals surface area contributed by atoms with Crippen molar-refractivity contribution in [3.63, 3.8) is 0 Å². The van der Waals surface area contributed by atoms with Crippen molar-refractivity contribution in [1.82, 2.24) is 20.3 Å². The van der Waals surface area contributed by atoms with Gasteiger partial charge in [0.25, 0.3) is 0 Å². The number of pyridine rings is 2. The molecule has 0 aliphatic rings. The first-order valence-corrected chi connectivity index (χ1v) is 9.24. The molecule has 0 saturated heterocycles. The lowest BCUT2D eigenvalue weighted by Crippen LogP contribution is -2.04. The SMILES string of the molecule is CNCc1nc(-c2cccnc2F)c(S(=O)(=O)c2cccnc2)s1. The van der Waals surface area contributed by atoms with E-state index in [2.05, 4.69) is 20.3 Å². The van der Waals surface area contributed by atoms with Gasteiger partial charge < -0.3 is 5.32 Å². The normalized spacial score (nSPS) is 11.6. The summed E-state index contributed by atoms with van der Waals surface area (Å²) in [6.45, 7) is 0.377. The van der Waals surface area contributed by atoms with Crippen LogP contribution in [0.15, 0.2) is 52.0 Å². The van der Waals surface area contributed by atoms with Crippen LogP contribution in [0.25, 0.3) is 11.3 Å². The molecule has 0 amide bonds. The van der Waals surface area contributed by atoms with Crippen LogP contribution in [0.5, 0.6) is 0 Å². The maximum Gasteiger partial charge on any atom is 0.222 e. The number of rotatable bonds is 5. The average molecular weight is 364 g/mol. The van der Waals surface area contributed by atoms with E-state index in [1.54, 1.807) is 7.05 Å². The molecule has 3 heterocycles. The predicted octanol–water partition coefficient (Wildman–Crippen LogP) is 2.29. The topological polar surface area (TPSA) is 84.8 Å². The molecule has 9 heteroatoms. The first-order chi connectivity index (χ1) is 11.5. The summed E-state index contributed by atoms with van der Waals surface area (Å²) in [6, 6.07) is 5.98. The quantitative estimate of drug-likeness (QED) is 0.699. The fraction of sp³-hybridized carbons (Fsp3) is 0.133. The fourth-order valence-electron chi connectivity index (χ4n) is 2.10. The van der Waals surface area contributed by atoms with Crippen LogP contribution in [0, 0.1) is 5.95 Å². The molecule has 0 fully saturated rings. The predicted molar refractivity (Wildman–Crippen MR) is 87.8 cm³/mol. The van der Waals surface area contributed by atoms with E-state index in [0.29, 0.717) is 11.6 Å². The highest BCUT2D eigenvalue weighted by atomic mass is 32.2. The van der Waals surface area contributed by atoms with Crippen LogP contribution in [-0.4, -0.2) is 30.4 Å². The van der Waals surface area contributed by atoms with E-state index in [4.69, 9.17) is 0 Å². The van der Waals surface area contributed by atoms with Gasteiger partial charge in [0.05, 0.1) is 10.5 Å². The third-order valence-electron chi connectivity index (χ3n) is 3.17. The highest BCUT2D eigenvalue weighted by Gasteiger charge is 2.28. The lowest BCUT2D eigenvalue weighted by atomic mass is 10.2. The van der Waals surface area contributed by atoms with Crippen molar-refractivity contribution in [3.8, 4) is 11.3 Å². The molecular formula is C15H13FN4O2S2. The zero-order chi connectivity index (χ0) is 17.2. The highest BCUT2D eigenvalue weighted by Crippen LogP contribution is 2.36. The van der Waals surface area contributed by atoms with E-state index < -0.39 is 15.8 Å². The zero-order valence-electron chi connectivity index (χ0n) is 12.6. The van der Waals surface area contributed by atoms with Crippen molar-refractivity contribution in [2.75, 3.05) is 7.05 Å². The van der Waals surface area contributed by atoms with E-state index >= 15 is 0 Å². The van der Waals surface area contributed by atoms with Crippen LogP contribution in [0.2, 0.25) is 0 Å². The Kier molecular flexibility index (Phi) is 4.65. The number of nitrogens with one attached hydrogen (secondary N) is 1. The summed E-state index contributed by atoms with van der Waals surface area (Å²) in [7, 11) is -2.14. The number of nitrogens with zero attached hydrogens (tertiary/aromatic N) is 3. The van der Waals surface area contributed by atoms with Crippen molar-refractivity contribution in [3.05, 3.63) is 53.8 Å². The molecule has 0 atom stereocenters. The maximum atomic E-state index is 14.1. The molecule has 3 aromatic rings. The molecule has 1 N–H and O–H groups in total. The minimum absolute atomic E-state index is 0.0207. The zero-order valence-corrected chi connectivity index (χ0v) is 14.2. The monoisotopic (exact) mass is 364 g/mol. The molecule has 0 bridgehead atoms. The summed E-state index contributed by atoms with van der Waals surface area (Å²) in [6.07, 6.45) is 4.05. The van der Waals surface area contributed by atoms with Gasteiger partial charge >= 0.3 is 0 Å². The number of thiazole rings is 1. The number of sulfone groups is 1. The molecule has 124 valence electrons. The first-order valence-electron chi connectivity index (χ1n) is 6.94. The molecule has 3 aromatic heterocycles. The van der Waals surface area contributed by atoms with E-state index in [0.717, 1.165) is 11.3 Å². The average Bonchev–Trinajstić information content (AvgIpc) is 3.01. The van der Waals surface area contributed by atoms with Gasteiger partial charge in [-0.3, -0.25) is 4.98 Å². The maximum absolute atomic E-state index is 14.1. The molecule has 0 aliphatic heterocycles. The summed E-state index contributed by atoms with van der Waals surface area (Å²) >= 11 is 1.01. The minimum Gasteiger partial charge on any atom is -0.314 e. The molecule has 0 saturated carbocycles. The van der Waals surface area contributed by atoms with Gasteiger partial charge in [0.15, 0.2) is 4.21 Å². The van der Waals surface area contributed by atoms with Crippen LogP contribution in [0.1, 0.15) is 5.01 Å². The summed E-state index contributed by atoms with van der Waals surface area (Å²) in [5.41, 5.74) is 0.123. The summed E-state index contributed by atoms with van der Waals surface area (Å²) in [4.78, 5) is 11.8. The van der Waals surface area contributed by atoms with Gasteiger partial charge in [-0.15, -0.1) is 11.3 Å². The van der Waals surface area contributed by atoms with E-state index in [1.165, 1.54) is 42.9 Å². The summed E-state index contributed by atoms with van der Waals surface area (Å²) in [5.74, 6) is -0.763. The molecule has 0 aromatic carbocycles.